The number of benzene rings is 1. The molecule has 0 aliphatic heterocycles. The first kappa shape index (κ1) is 15.6. The Morgan fingerprint density at radius 1 is 1.45 bits per heavy atom. The van der Waals surface area contributed by atoms with Gasteiger partial charge in [-0.1, -0.05) is 43.5 Å². The Morgan fingerprint density at radius 2 is 2.15 bits per heavy atom. The quantitative estimate of drug-likeness (QED) is 0.755. The van der Waals surface area contributed by atoms with Crippen molar-refractivity contribution >= 4 is 43.4 Å². The zero-order chi connectivity index (χ0) is 14.9. The summed E-state index contributed by atoms with van der Waals surface area (Å²) < 4.78 is 5.54. The Labute approximate surface area is 135 Å². The number of carboxylic acids is 1. The summed E-state index contributed by atoms with van der Waals surface area (Å²) in [6, 6.07) is 6.02. The molecule has 0 amide bonds. The van der Waals surface area contributed by atoms with Crippen LogP contribution in [0.15, 0.2) is 23.8 Å². The molecule has 0 aromatic heterocycles. The van der Waals surface area contributed by atoms with Gasteiger partial charge in [0.25, 0.3) is 0 Å². The van der Waals surface area contributed by atoms with Gasteiger partial charge in [-0.3, -0.25) is 4.79 Å². The fourth-order valence-electron chi connectivity index (χ4n) is 2.48. The normalized spacial score (nSPS) is 16.8. The molecule has 108 valence electrons. The molecule has 1 aliphatic rings. The molecule has 1 aliphatic carbocycles. The zero-order valence-electron chi connectivity index (χ0n) is 11.3. The average Bonchev–Trinajstić information content (AvgIpc) is 2.72. The Balaban J connectivity index is 2.39. The average molecular weight is 404 g/mol. The smallest absolute Gasteiger partial charge is 0.318 e. The first-order chi connectivity index (χ1) is 9.45. The van der Waals surface area contributed by atoms with Gasteiger partial charge in [0.05, 0.1) is 11.4 Å². The van der Waals surface area contributed by atoms with Gasteiger partial charge in [0, 0.05) is 0 Å². The number of rotatable bonds is 5. The minimum absolute atomic E-state index is 0.266. The van der Waals surface area contributed by atoms with E-state index in [1.165, 1.54) is 11.1 Å². The molecular weight excluding hydrogens is 388 g/mol. The summed E-state index contributed by atoms with van der Waals surface area (Å²) in [5.41, 5.74) is 4.54. The molecule has 0 radical (unpaired) electrons. The summed E-state index contributed by atoms with van der Waals surface area (Å²) in [6.07, 6.45) is 0.860. The highest BCUT2D eigenvalue weighted by atomic mass is 79.9. The summed E-state index contributed by atoms with van der Waals surface area (Å²) in [5.74, 6) is -0.0545. The number of hydrogen-bond acceptors (Lipinski definition) is 2. The van der Waals surface area contributed by atoms with Crippen LogP contribution < -0.4 is 4.74 Å². The maximum Gasteiger partial charge on any atom is 0.318 e. The van der Waals surface area contributed by atoms with Crippen LogP contribution in [0.3, 0.4) is 0 Å². The van der Waals surface area contributed by atoms with E-state index >= 15 is 0 Å². The standard InChI is InChI=1S/C15H16Br2O3/c1-3-20-10-5-4-9-6-8(2)12(11(9)7-10)13(16)14(17)15(18)19/h4-5,7,13-14H,3,6H2,1-2H3,(H,18,19). The summed E-state index contributed by atoms with van der Waals surface area (Å²) >= 11 is 6.75. The lowest BCUT2D eigenvalue weighted by atomic mass is 10.0. The number of aliphatic carboxylic acids is 1. The summed E-state index contributed by atoms with van der Waals surface area (Å²) in [5, 5.41) is 9.16. The number of alkyl halides is 2. The second-order valence-electron chi connectivity index (χ2n) is 4.76. The SMILES string of the molecule is CCOc1ccc2c(c1)C(C(Br)C(Br)C(=O)O)=C(C)C2. The number of halogens is 2. The Bertz CT molecular complexity index is 566. The molecule has 2 atom stereocenters. The largest absolute Gasteiger partial charge is 0.494 e. The molecule has 0 fully saturated rings. The van der Waals surface area contributed by atoms with Crippen molar-refractivity contribution in [1.82, 2.24) is 0 Å². The maximum atomic E-state index is 11.2. The fourth-order valence-corrected chi connectivity index (χ4v) is 3.61. The Kier molecular flexibility index (Phi) is 4.91. The number of fused-ring (bicyclic) bond motifs is 1. The van der Waals surface area contributed by atoms with E-state index in [0.717, 1.165) is 23.3 Å². The number of carboxylic acid groups (broad SMARTS) is 1. The van der Waals surface area contributed by atoms with Gasteiger partial charge in [0.15, 0.2) is 0 Å². The predicted octanol–water partition coefficient (Wildman–Crippen LogP) is 4.03. The molecule has 3 nitrogen and oxygen atoms in total. The molecule has 2 rings (SSSR count). The van der Waals surface area contributed by atoms with Crippen molar-refractivity contribution in [1.29, 1.82) is 0 Å². The van der Waals surface area contributed by atoms with Crippen molar-refractivity contribution in [3.8, 4) is 5.75 Å². The van der Waals surface area contributed by atoms with Gasteiger partial charge >= 0.3 is 5.97 Å². The van der Waals surface area contributed by atoms with E-state index in [9.17, 15) is 4.79 Å². The fraction of sp³-hybridized carbons (Fsp3) is 0.400. The molecule has 0 spiro atoms. The van der Waals surface area contributed by atoms with Crippen LogP contribution in [-0.2, 0) is 11.2 Å². The van der Waals surface area contributed by atoms with Crippen molar-refractivity contribution in [2.24, 2.45) is 0 Å². The van der Waals surface area contributed by atoms with E-state index in [0.29, 0.717) is 6.61 Å². The van der Waals surface area contributed by atoms with Crippen molar-refractivity contribution in [3.05, 3.63) is 34.9 Å². The summed E-state index contributed by atoms with van der Waals surface area (Å²) in [6.45, 7) is 4.61. The van der Waals surface area contributed by atoms with Crippen LogP contribution in [0, 0.1) is 0 Å². The third kappa shape index (κ3) is 2.93. The van der Waals surface area contributed by atoms with Gasteiger partial charge in [0.2, 0.25) is 0 Å². The maximum absolute atomic E-state index is 11.2. The highest BCUT2D eigenvalue weighted by Gasteiger charge is 2.32. The first-order valence-electron chi connectivity index (χ1n) is 6.42. The summed E-state index contributed by atoms with van der Waals surface area (Å²) in [7, 11) is 0. The second kappa shape index (κ2) is 6.31. The topological polar surface area (TPSA) is 46.5 Å². The van der Waals surface area contributed by atoms with Crippen LogP contribution >= 0.6 is 31.9 Å². The lowest BCUT2D eigenvalue weighted by molar-refractivity contribution is -0.135. The molecule has 0 bridgehead atoms. The van der Waals surface area contributed by atoms with Gasteiger partial charge < -0.3 is 9.84 Å². The molecule has 1 aromatic carbocycles. The van der Waals surface area contributed by atoms with Crippen molar-refractivity contribution in [2.75, 3.05) is 6.61 Å². The van der Waals surface area contributed by atoms with Crippen LogP contribution in [0.4, 0.5) is 0 Å². The van der Waals surface area contributed by atoms with Crippen LogP contribution in [0.5, 0.6) is 5.75 Å². The number of ether oxygens (including phenoxy) is 1. The molecule has 0 heterocycles. The second-order valence-corrected chi connectivity index (χ2v) is 6.74. The van der Waals surface area contributed by atoms with E-state index in [-0.39, 0.29) is 4.83 Å². The van der Waals surface area contributed by atoms with Crippen molar-refractivity contribution in [3.63, 3.8) is 0 Å². The molecule has 20 heavy (non-hydrogen) atoms. The molecular formula is C15H16Br2O3. The predicted molar refractivity (Wildman–Crippen MR) is 87.0 cm³/mol. The van der Waals surface area contributed by atoms with E-state index in [2.05, 4.69) is 37.9 Å². The van der Waals surface area contributed by atoms with E-state index in [1.807, 2.05) is 26.0 Å². The van der Waals surface area contributed by atoms with Crippen LogP contribution in [-0.4, -0.2) is 27.3 Å². The van der Waals surface area contributed by atoms with Crippen LogP contribution in [0.2, 0.25) is 0 Å². The molecule has 0 saturated carbocycles. The lowest BCUT2D eigenvalue weighted by Crippen LogP contribution is -2.24. The highest BCUT2D eigenvalue weighted by molar-refractivity contribution is 9.12. The van der Waals surface area contributed by atoms with Crippen molar-refractivity contribution < 1.29 is 14.6 Å². The summed E-state index contributed by atoms with van der Waals surface area (Å²) in [4.78, 5) is 10.2. The van der Waals surface area contributed by atoms with Gasteiger partial charge in [-0.25, -0.2) is 0 Å². The minimum atomic E-state index is -0.874. The lowest BCUT2D eigenvalue weighted by Gasteiger charge is -2.17. The third-order valence-electron chi connectivity index (χ3n) is 3.37. The van der Waals surface area contributed by atoms with Crippen molar-refractivity contribution in [2.45, 2.75) is 29.9 Å². The first-order valence-corrected chi connectivity index (χ1v) is 8.25. The third-order valence-corrected chi connectivity index (χ3v) is 5.98. The Hall–Kier alpha value is -0.810. The monoisotopic (exact) mass is 402 g/mol. The van der Waals surface area contributed by atoms with E-state index < -0.39 is 10.8 Å². The zero-order valence-corrected chi connectivity index (χ0v) is 14.5. The van der Waals surface area contributed by atoms with E-state index in [1.54, 1.807) is 0 Å². The Morgan fingerprint density at radius 3 is 2.75 bits per heavy atom. The van der Waals surface area contributed by atoms with Gasteiger partial charge in [-0.2, -0.15) is 0 Å². The molecule has 1 N–H and O–H groups in total. The highest BCUT2D eigenvalue weighted by Crippen LogP contribution is 2.41. The van der Waals surface area contributed by atoms with Gasteiger partial charge in [-0.05, 0) is 49.1 Å². The van der Waals surface area contributed by atoms with Gasteiger partial charge in [-0.15, -0.1) is 0 Å². The molecule has 5 heteroatoms. The van der Waals surface area contributed by atoms with Gasteiger partial charge in [0.1, 0.15) is 10.6 Å². The molecule has 2 unspecified atom stereocenters. The minimum Gasteiger partial charge on any atom is -0.494 e. The van der Waals surface area contributed by atoms with Crippen LogP contribution in [0.25, 0.3) is 5.57 Å². The molecule has 0 saturated heterocycles. The van der Waals surface area contributed by atoms with Crippen LogP contribution in [0.1, 0.15) is 25.0 Å². The number of allylic oxidation sites excluding steroid dienone is 2. The van der Waals surface area contributed by atoms with E-state index in [4.69, 9.17) is 9.84 Å². The molecule has 1 aromatic rings. The number of hydrogen-bond donors (Lipinski definition) is 1. The number of carbonyl (C=O) groups is 1.